The van der Waals surface area contributed by atoms with Gasteiger partial charge in [0.2, 0.25) is 0 Å². The summed E-state index contributed by atoms with van der Waals surface area (Å²) in [5.74, 6) is 1.98. The summed E-state index contributed by atoms with van der Waals surface area (Å²) in [7, 11) is 1.65. The van der Waals surface area contributed by atoms with Crippen molar-refractivity contribution < 1.29 is 14.6 Å². The average molecular weight is 295 g/mol. The van der Waals surface area contributed by atoms with Crippen molar-refractivity contribution in [2.75, 3.05) is 20.3 Å². The van der Waals surface area contributed by atoms with E-state index >= 15 is 0 Å². The SMILES string of the molecule is COc1cc(C(C)NCC(C)(C)O)ccc1OCC(C)C. The van der Waals surface area contributed by atoms with Crippen LogP contribution in [-0.4, -0.2) is 31.0 Å². The Bertz CT molecular complexity index is 438. The highest BCUT2D eigenvalue weighted by Gasteiger charge is 2.16. The Morgan fingerprint density at radius 3 is 2.38 bits per heavy atom. The lowest BCUT2D eigenvalue weighted by atomic mass is 10.1. The normalized spacial score (nSPS) is 13.3. The fourth-order valence-electron chi connectivity index (χ4n) is 1.85. The standard InChI is InChI=1S/C17H29NO3/c1-12(2)10-21-15-8-7-14(9-16(15)20-6)13(3)18-11-17(4,5)19/h7-9,12-13,18-19H,10-11H2,1-6H3. The molecule has 0 bridgehead atoms. The molecule has 0 aliphatic rings. The molecule has 0 aromatic heterocycles. The Hall–Kier alpha value is -1.26. The molecule has 21 heavy (non-hydrogen) atoms. The van der Waals surface area contributed by atoms with E-state index in [1.54, 1.807) is 21.0 Å². The molecule has 0 radical (unpaired) electrons. The molecule has 1 unspecified atom stereocenters. The molecule has 0 aliphatic carbocycles. The number of ether oxygens (including phenoxy) is 2. The largest absolute Gasteiger partial charge is 0.493 e. The topological polar surface area (TPSA) is 50.7 Å². The van der Waals surface area contributed by atoms with Gasteiger partial charge < -0.3 is 19.9 Å². The molecule has 0 heterocycles. The van der Waals surface area contributed by atoms with Crippen molar-refractivity contribution in [3.63, 3.8) is 0 Å². The molecule has 0 amide bonds. The van der Waals surface area contributed by atoms with E-state index in [0.29, 0.717) is 19.1 Å². The first-order valence-corrected chi connectivity index (χ1v) is 7.49. The Labute approximate surface area is 128 Å². The highest BCUT2D eigenvalue weighted by atomic mass is 16.5. The van der Waals surface area contributed by atoms with Crippen LogP contribution in [0.1, 0.15) is 46.2 Å². The predicted molar refractivity (Wildman–Crippen MR) is 86.0 cm³/mol. The number of methoxy groups -OCH3 is 1. The van der Waals surface area contributed by atoms with Gasteiger partial charge in [0.25, 0.3) is 0 Å². The average Bonchev–Trinajstić information content (AvgIpc) is 2.41. The van der Waals surface area contributed by atoms with Gasteiger partial charge in [0.05, 0.1) is 19.3 Å². The molecule has 120 valence electrons. The maximum Gasteiger partial charge on any atom is 0.161 e. The van der Waals surface area contributed by atoms with E-state index in [-0.39, 0.29) is 6.04 Å². The minimum absolute atomic E-state index is 0.129. The summed E-state index contributed by atoms with van der Waals surface area (Å²) in [6, 6.07) is 6.08. The lowest BCUT2D eigenvalue weighted by molar-refractivity contribution is 0.0770. The van der Waals surface area contributed by atoms with Gasteiger partial charge >= 0.3 is 0 Å². The van der Waals surface area contributed by atoms with Crippen LogP contribution < -0.4 is 14.8 Å². The molecule has 1 rings (SSSR count). The molecule has 4 nitrogen and oxygen atoms in total. The van der Waals surface area contributed by atoms with Crippen LogP contribution in [0.4, 0.5) is 0 Å². The zero-order valence-corrected chi connectivity index (χ0v) is 14.1. The number of rotatable bonds is 8. The maximum atomic E-state index is 9.77. The lowest BCUT2D eigenvalue weighted by Crippen LogP contribution is -2.36. The predicted octanol–water partition coefficient (Wildman–Crippen LogP) is 3.15. The molecule has 0 saturated carbocycles. The zero-order chi connectivity index (χ0) is 16.0. The monoisotopic (exact) mass is 295 g/mol. The van der Waals surface area contributed by atoms with Crippen LogP contribution in [0.5, 0.6) is 11.5 Å². The first-order valence-electron chi connectivity index (χ1n) is 7.49. The van der Waals surface area contributed by atoms with Gasteiger partial charge in [-0.25, -0.2) is 0 Å². The van der Waals surface area contributed by atoms with E-state index in [9.17, 15) is 5.11 Å². The smallest absolute Gasteiger partial charge is 0.161 e. The van der Waals surface area contributed by atoms with Gasteiger partial charge in [-0.2, -0.15) is 0 Å². The van der Waals surface area contributed by atoms with Crippen LogP contribution in [0.15, 0.2) is 18.2 Å². The molecule has 2 N–H and O–H groups in total. The van der Waals surface area contributed by atoms with Gasteiger partial charge in [-0.1, -0.05) is 19.9 Å². The van der Waals surface area contributed by atoms with Gasteiger partial charge in [-0.05, 0) is 44.4 Å². The Morgan fingerprint density at radius 1 is 1.19 bits per heavy atom. The third-order valence-electron chi connectivity index (χ3n) is 3.10. The quantitative estimate of drug-likeness (QED) is 0.773. The number of nitrogens with one attached hydrogen (secondary N) is 1. The van der Waals surface area contributed by atoms with E-state index in [0.717, 1.165) is 17.1 Å². The highest BCUT2D eigenvalue weighted by Crippen LogP contribution is 2.30. The molecule has 0 aliphatic heterocycles. The molecule has 1 atom stereocenters. The number of benzene rings is 1. The van der Waals surface area contributed by atoms with Crippen LogP contribution in [-0.2, 0) is 0 Å². The van der Waals surface area contributed by atoms with Crippen molar-refractivity contribution in [3.8, 4) is 11.5 Å². The molecular formula is C17H29NO3. The number of aliphatic hydroxyl groups is 1. The highest BCUT2D eigenvalue weighted by molar-refractivity contribution is 5.43. The van der Waals surface area contributed by atoms with Crippen molar-refractivity contribution in [1.82, 2.24) is 5.32 Å². The Morgan fingerprint density at radius 2 is 1.86 bits per heavy atom. The second-order valence-corrected chi connectivity index (χ2v) is 6.53. The summed E-state index contributed by atoms with van der Waals surface area (Å²) in [5, 5.41) is 13.1. The van der Waals surface area contributed by atoms with E-state index in [1.165, 1.54) is 0 Å². The second kappa shape index (κ2) is 7.66. The van der Waals surface area contributed by atoms with Crippen LogP contribution in [0.3, 0.4) is 0 Å². The van der Waals surface area contributed by atoms with Crippen molar-refractivity contribution in [2.45, 2.75) is 46.3 Å². The summed E-state index contributed by atoms with van der Waals surface area (Å²) in [4.78, 5) is 0. The summed E-state index contributed by atoms with van der Waals surface area (Å²) in [6.07, 6.45) is 0. The van der Waals surface area contributed by atoms with Crippen LogP contribution in [0.2, 0.25) is 0 Å². The summed E-state index contributed by atoms with van der Waals surface area (Å²) in [6.45, 7) is 11.1. The second-order valence-electron chi connectivity index (χ2n) is 6.53. The van der Waals surface area contributed by atoms with Crippen molar-refractivity contribution in [2.24, 2.45) is 5.92 Å². The molecule has 1 aromatic rings. The minimum Gasteiger partial charge on any atom is -0.493 e. The fourth-order valence-corrected chi connectivity index (χ4v) is 1.85. The first-order chi connectivity index (χ1) is 9.73. The summed E-state index contributed by atoms with van der Waals surface area (Å²) in [5.41, 5.74) is 0.381. The van der Waals surface area contributed by atoms with Gasteiger partial charge in [-0.3, -0.25) is 0 Å². The molecular weight excluding hydrogens is 266 g/mol. The van der Waals surface area contributed by atoms with E-state index in [2.05, 4.69) is 26.1 Å². The fraction of sp³-hybridized carbons (Fsp3) is 0.647. The lowest BCUT2D eigenvalue weighted by Gasteiger charge is -2.22. The first kappa shape index (κ1) is 17.8. The van der Waals surface area contributed by atoms with E-state index < -0.39 is 5.60 Å². The van der Waals surface area contributed by atoms with Crippen molar-refractivity contribution >= 4 is 0 Å². The van der Waals surface area contributed by atoms with Gasteiger partial charge in [0.15, 0.2) is 11.5 Å². The van der Waals surface area contributed by atoms with E-state index in [1.807, 2.05) is 18.2 Å². The van der Waals surface area contributed by atoms with Crippen LogP contribution in [0.25, 0.3) is 0 Å². The molecule has 4 heteroatoms. The minimum atomic E-state index is -0.724. The number of hydrogen-bond acceptors (Lipinski definition) is 4. The Balaban J connectivity index is 2.76. The van der Waals surface area contributed by atoms with Crippen LogP contribution in [0, 0.1) is 5.92 Å². The maximum absolute atomic E-state index is 9.77. The van der Waals surface area contributed by atoms with Gasteiger partial charge in [0.1, 0.15) is 0 Å². The molecule has 0 fully saturated rings. The summed E-state index contributed by atoms with van der Waals surface area (Å²) >= 11 is 0. The third kappa shape index (κ3) is 6.36. The van der Waals surface area contributed by atoms with E-state index in [4.69, 9.17) is 9.47 Å². The zero-order valence-electron chi connectivity index (χ0n) is 14.1. The Kier molecular flexibility index (Phi) is 6.49. The molecule has 0 saturated heterocycles. The van der Waals surface area contributed by atoms with Crippen molar-refractivity contribution in [3.05, 3.63) is 23.8 Å². The molecule has 0 spiro atoms. The van der Waals surface area contributed by atoms with Gasteiger partial charge in [0, 0.05) is 12.6 Å². The summed E-state index contributed by atoms with van der Waals surface area (Å²) < 4.78 is 11.2. The molecule has 1 aromatic carbocycles. The van der Waals surface area contributed by atoms with Crippen molar-refractivity contribution in [1.29, 1.82) is 0 Å². The third-order valence-corrected chi connectivity index (χ3v) is 3.10. The number of hydrogen-bond donors (Lipinski definition) is 2. The van der Waals surface area contributed by atoms with Crippen LogP contribution >= 0.6 is 0 Å². The van der Waals surface area contributed by atoms with Gasteiger partial charge in [-0.15, -0.1) is 0 Å².